The molecule has 0 aromatic carbocycles. The van der Waals surface area contributed by atoms with Gasteiger partial charge in [0.15, 0.2) is 0 Å². The number of nitrogens with zero attached hydrogens (tertiary/aromatic N) is 3. The van der Waals surface area contributed by atoms with Gasteiger partial charge in [0.05, 0.1) is 6.10 Å². The minimum absolute atomic E-state index is 0.483. The van der Waals surface area contributed by atoms with Crippen LogP contribution in [0.4, 0.5) is 0 Å². The summed E-state index contributed by atoms with van der Waals surface area (Å²) >= 11 is 0. The Labute approximate surface area is 127 Å². The van der Waals surface area contributed by atoms with Gasteiger partial charge in [0.1, 0.15) is 0 Å². The molecule has 3 aliphatic rings. The van der Waals surface area contributed by atoms with Crippen molar-refractivity contribution in [2.75, 3.05) is 32.8 Å². The SMILES string of the molecule is c1cc(CN2CCN3C[C@@H](OCC4CC4)C[C@@H]3C2)ccn1. The molecule has 1 aliphatic carbocycles. The Balaban J connectivity index is 1.28. The molecule has 0 amide bonds. The lowest BCUT2D eigenvalue weighted by Gasteiger charge is -2.37. The van der Waals surface area contributed by atoms with E-state index in [9.17, 15) is 0 Å². The number of ether oxygens (including phenoxy) is 1. The van der Waals surface area contributed by atoms with Crippen LogP contribution in [0.3, 0.4) is 0 Å². The highest BCUT2D eigenvalue weighted by molar-refractivity contribution is 5.10. The highest BCUT2D eigenvalue weighted by atomic mass is 16.5. The van der Waals surface area contributed by atoms with E-state index in [1.807, 2.05) is 12.4 Å². The number of piperazine rings is 1. The maximum atomic E-state index is 6.10. The number of fused-ring (bicyclic) bond motifs is 1. The quantitative estimate of drug-likeness (QED) is 0.825. The van der Waals surface area contributed by atoms with Gasteiger partial charge in [-0.2, -0.15) is 0 Å². The van der Waals surface area contributed by atoms with Crippen molar-refractivity contribution in [3.05, 3.63) is 30.1 Å². The summed E-state index contributed by atoms with van der Waals surface area (Å²) in [6.07, 6.45) is 8.27. The van der Waals surface area contributed by atoms with Gasteiger partial charge in [-0.05, 0) is 42.9 Å². The van der Waals surface area contributed by atoms with E-state index in [1.54, 1.807) is 0 Å². The molecular formula is C17H25N3O. The largest absolute Gasteiger partial charge is 0.377 e. The van der Waals surface area contributed by atoms with Crippen LogP contribution in [-0.2, 0) is 11.3 Å². The molecule has 0 bridgehead atoms. The number of hydrogen-bond acceptors (Lipinski definition) is 4. The fourth-order valence-corrected chi connectivity index (χ4v) is 3.63. The Hall–Kier alpha value is -0.970. The average Bonchev–Trinajstić information content (AvgIpc) is 3.25. The van der Waals surface area contributed by atoms with Gasteiger partial charge in [-0.25, -0.2) is 0 Å². The smallest absolute Gasteiger partial charge is 0.0717 e. The van der Waals surface area contributed by atoms with Gasteiger partial charge in [-0.1, -0.05) is 0 Å². The lowest BCUT2D eigenvalue weighted by atomic mass is 10.1. The van der Waals surface area contributed by atoms with Gasteiger partial charge >= 0.3 is 0 Å². The van der Waals surface area contributed by atoms with Crippen molar-refractivity contribution in [2.45, 2.75) is 38.0 Å². The maximum absolute atomic E-state index is 6.10. The summed E-state index contributed by atoms with van der Waals surface area (Å²) in [6, 6.07) is 4.95. The second kappa shape index (κ2) is 6.03. The normalized spacial score (nSPS) is 30.5. The maximum Gasteiger partial charge on any atom is 0.0717 e. The second-order valence-corrected chi connectivity index (χ2v) is 6.87. The first kappa shape index (κ1) is 13.7. The van der Waals surface area contributed by atoms with Crippen molar-refractivity contribution < 1.29 is 4.74 Å². The first-order chi connectivity index (χ1) is 10.4. The minimum atomic E-state index is 0.483. The summed E-state index contributed by atoms with van der Waals surface area (Å²) in [5.74, 6) is 0.880. The highest BCUT2D eigenvalue weighted by Gasteiger charge is 2.37. The van der Waals surface area contributed by atoms with Crippen LogP contribution in [-0.4, -0.2) is 59.7 Å². The summed E-state index contributed by atoms with van der Waals surface area (Å²) in [6.45, 7) is 6.77. The van der Waals surface area contributed by atoms with E-state index < -0.39 is 0 Å². The molecule has 0 unspecified atom stereocenters. The van der Waals surface area contributed by atoms with Gasteiger partial charge < -0.3 is 4.74 Å². The van der Waals surface area contributed by atoms with Crippen molar-refractivity contribution in [3.8, 4) is 0 Å². The van der Waals surface area contributed by atoms with Gasteiger partial charge in [-0.3, -0.25) is 14.8 Å². The number of rotatable bonds is 5. The summed E-state index contributed by atoms with van der Waals surface area (Å²) < 4.78 is 6.10. The van der Waals surface area contributed by atoms with Crippen LogP contribution in [0.5, 0.6) is 0 Å². The fourth-order valence-electron chi connectivity index (χ4n) is 3.63. The van der Waals surface area contributed by atoms with Crippen molar-refractivity contribution in [2.24, 2.45) is 5.92 Å². The minimum Gasteiger partial charge on any atom is -0.377 e. The predicted molar refractivity (Wildman–Crippen MR) is 82.0 cm³/mol. The molecule has 0 spiro atoms. The summed E-state index contributed by atoms with van der Waals surface area (Å²) in [5, 5.41) is 0. The molecular weight excluding hydrogens is 262 g/mol. The molecule has 3 fully saturated rings. The zero-order valence-corrected chi connectivity index (χ0v) is 12.7. The molecule has 4 heteroatoms. The second-order valence-electron chi connectivity index (χ2n) is 6.87. The Morgan fingerprint density at radius 1 is 1.14 bits per heavy atom. The molecule has 1 aromatic heterocycles. The van der Waals surface area contributed by atoms with Crippen LogP contribution in [0.2, 0.25) is 0 Å². The Bertz CT molecular complexity index is 462. The zero-order valence-electron chi connectivity index (χ0n) is 12.7. The molecule has 0 radical (unpaired) electrons. The number of pyridine rings is 1. The van der Waals surface area contributed by atoms with E-state index in [0.717, 1.165) is 25.6 Å². The topological polar surface area (TPSA) is 28.6 Å². The molecule has 4 nitrogen and oxygen atoms in total. The Morgan fingerprint density at radius 2 is 2.00 bits per heavy atom. The van der Waals surface area contributed by atoms with Crippen LogP contribution < -0.4 is 0 Å². The molecule has 2 atom stereocenters. The number of aromatic nitrogens is 1. The van der Waals surface area contributed by atoms with E-state index in [0.29, 0.717) is 12.1 Å². The molecule has 21 heavy (non-hydrogen) atoms. The van der Waals surface area contributed by atoms with E-state index in [-0.39, 0.29) is 0 Å². The van der Waals surface area contributed by atoms with Gasteiger partial charge in [0.25, 0.3) is 0 Å². The third-order valence-corrected chi connectivity index (χ3v) is 5.08. The lowest BCUT2D eigenvalue weighted by molar-refractivity contribution is 0.0508. The Kier molecular flexibility index (Phi) is 3.93. The van der Waals surface area contributed by atoms with Crippen molar-refractivity contribution in [3.63, 3.8) is 0 Å². The average molecular weight is 287 g/mol. The van der Waals surface area contributed by atoms with Gasteiger partial charge in [0, 0.05) is 57.8 Å². The van der Waals surface area contributed by atoms with Crippen molar-refractivity contribution in [1.29, 1.82) is 0 Å². The summed E-state index contributed by atoms with van der Waals surface area (Å²) in [7, 11) is 0. The van der Waals surface area contributed by atoms with E-state index in [1.165, 1.54) is 44.5 Å². The lowest BCUT2D eigenvalue weighted by Crippen LogP contribution is -2.49. The third kappa shape index (κ3) is 3.44. The molecule has 1 aromatic rings. The van der Waals surface area contributed by atoms with Gasteiger partial charge in [-0.15, -0.1) is 0 Å². The molecule has 3 heterocycles. The van der Waals surface area contributed by atoms with Crippen LogP contribution in [0.25, 0.3) is 0 Å². The summed E-state index contributed by atoms with van der Waals surface area (Å²) in [4.78, 5) is 9.32. The third-order valence-electron chi connectivity index (χ3n) is 5.08. The molecule has 1 saturated carbocycles. The van der Waals surface area contributed by atoms with Gasteiger partial charge in [0.2, 0.25) is 0 Å². The first-order valence-electron chi connectivity index (χ1n) is 8.34. The molecule has 4 rings (SSSR count). The van der Waals surface area contributed by atoms with Crippen molar-refractivity contribution >= 4 is 0 Å². The number of hydrogen-bond donors (Lipinski definition) is 0. The molecule has 2 aliphatic heterocycles. The van der Waals surface area contributed by atoms with Crippen LogP contribution >= 0.6 is 0 Å². The van der Waals surface area contributed by atoms with Crippen LogP contribution in [0, 0.1) is 5.92 Å². The van der Waals surface area contributed by atoms with Crippen molar-refractivity contribution in [1.82, 2.24) is 14.8 Å². The zero-order chi connectivity index (χ0) is 14.1. The fraction of sp³-hybridized carbons (Fsp3) is 0.706. The Morgan fingerprint density at radius 3 is 2.81 bits per heavy atom. The van der Waals surface area contributed by atoms with Crippen LogP contribution in [0.1, 0.15) is 24.8 Å². The molecule has 0 N–H and O–H groups in total. The van der Waals surface area contributed by atoms with E-state index >= 15 is 0 Å². The molecule has 2 saturated heterocycles. The van der Waals surface area contributed by atoms with Crippen LogP contribution in [0.15, 0.2) is 24.5 Å². The highest BCUT2D eigenvalue weighted by Crippen LogP contribution is 2.31. The van der Waals surface area contributed by atoms with E-state index in [2.05, 4.69) is 26.9 Å². The summed E-state index contributed by atoms with van der Waals surface area (Å²) in [5.41, 5.74) is 1.37. The first-order valence-corrected chi connectivity index (χ1v) is 8.34. The standard InChI is InChI=1S/C17H25N3O/c1-2-15(1)13-21-17-9-16-11-19(7-8-20(16)12-17)10-14-3-5-18-6-4-14/h3-6,15-17H,1-2,7-13H2/t16-,17+/m1/s1. The molecule has 114 valence electrons. The van der Waals surface area contributed by atoms with E-state index in [4.69, 9.17) is 4.74 Å². The monoisotopic (exact) mass is 287 g/mol. The predicted octanol–water partition coefficient (Wildman–Crippen LogP) is 1.77.